The van der Waals surface area contributed by atoms with E-state index in [0.717, 1.165) is 5.75 Å². The molecule has 1 aliphatic carbocycles. The molecule has 0 amide bonds. The van der Waals surface area contributed by atoms with Gasteiger partial charge in [0.25, 0.3) is 0 Å². The largest absolute Gasteiger partial charge is 0.493 e. The maximum absolute atomic E-state index is 13.9. The molecule has 1 aromatic carbocycles. The summed E-state index contributed by atoms with van der Waals surface area (Å²) in [6.45, 7) is 5.93. The number of Topliss-reactive ketones (excluding diaryl/α,β-unsaturated/α-hetero) is 1. The van der Waals surface area contributed by atoms with Gasteiger partial charge in [0.1, 0.15) is 12.5 Å². The van der Waals surface area contributed by atoms with Crippen LogP contribution in [-0.4, -0.2) is 57.2 Å². The minimum atomic E-state index is -0.964. The number of allylic oxidation sites excluding steroid dienone is 3. The van der Waals surface area contributed by atoms with Crippen LogP contribution < -0.4 is 14.8 Å². The number of halogens is 1. The van der Waals surface area contributed by atoms with Gasteiger partial charge in [-0.15, -0.1) is 0 Å². The van der Waals surface area contributed by atoms with Gasteiger partial charge >= 0.3 is 11.9 Å². The molecule has 1 heterocycles. The van der Waals surface area contributed by atoms with Crippen LogP contribution in [0.2, 0.25) is 0 Å². The number of methoxy groups -OCH3 is 3. The highest BCUT2D eigenvalue weighted by Gasteiger charge is 2.47. The Morgan fingerprint density at radius 2 is 1.83 bits per heavy atom. The number of ketones is 1. The molecule has 0 saturated carbocycles. The predicted octanol–water partition coefficient (Wildman–Crippen LogP) is 4.38. The number of benzene rings is 1. The van der Waals surface area contributed by atoms with E-state index < -0.39 is 23.8 Å². The third-order valence-corrected chi connectivity index (χ3v) is 7.99. The van der Waals surface area contributed by atoms with Gasteiger partial charge in [0.15, 0.2) is 17.3 Å². The van der Waals surface area contributed by atoms with E-state index in [1.807, 2.05) is 13.8 Å². The van der Waals surface area contributed by atoms with Crippen molar-refractivity contribution in [2.75, 3.05) is 39.4 Å². The third-order valence-electron chi connectivity index (χ3n) is 6.44. The molecule has 10 heteroatoms. The molecule has 3 rings (SSSR count). The van der Waals surface area contributed by atoms with E-state index in [1.54, 1.807) is 30.8 Å². The van der Waals surface area contributed by atoms with Crippen LogP contribution in [-0.2, 0) is 23.9 Å². The quantitative estimate of drug-likeness (QED) is 0.258. The first kappa shape index (κ1) is 28.1. The summed E-state index contributed by atoms with van der Waals surface area (Å²) in [6.07, 6.45) is 0.453. The van der Waals surface area contributed by atoms with Crippen molar-refractivity contribution in [1.82, 2.24) is 5.32 Å². The lowest BCUT2D eigenvalue weighted by Crippen LogP contribution is -2.43. The molecule has 8 nitrogen and oxygen atoms in total. The molecule has 196 valence electrons. The van der Waals surface area contributed by atoms with Crippen LogP contribution in [0.4, 0.5) is 0 Å². The normalized spacial score (nSPS) is 21.5. The lowest BCUT2D eigenvalue weighted by atomic mass is 9.69. The number of esters is 2. The number of ether oxygens (including phenoxy) is 4. The summed E-state index contributed by atoms with van der Waals surface area (Å²) in [4.78, 5) is 39.9. The number of thioether (sulfide) groups is 1. The van der Waals surface area contributed by atoms with Crippen molar-refractivity contribution in [3.05, 3.63) is 44.7 Å². The second-order valence-corrected chi connectivity index (χ2v) is 10.8. The fourth-order valence-electron chi connectivity index (χ4n) is 4.77. The molecular formula is C26H32BrNO7S. The SMILES string of the molecule is CCSCCOC(=O)C1=C(C)NC2=C(C(=O)[C@@H](C(=O)OC)[C@H](C)C2)[C@@H]1c1cc(OC)c(OC)cc1Br. The zero-order valence-corrected chi connectivity index (χ0v) is 23.8. The van der Waals surface area contributed by atoms with Gasteiger partial charge in [-0.1, -0.05) is 29.8 Å². The Kier molecular flexibility index (Phi) is 9.52. The number of nitrogens with one attached hydrogen (secondary N) is 1. The van der Waals surface area contributed by atoms with Crippen LogP contribution >= 0.6 is 27.7 Å². The van der Waals surface area contributed by atoms with Crippen molar-refractivity contribution < 1.29 is 33.3 Å². The van der Waals surface area contributed by atoms with Crippen LogP contribution in [0.1, 0.15) is 38.7 Å². The Balaban J connectivity index is 2.19. The van der Waals surface area contributed by atoms with Crippen LogP contribution in [0.3, 0.4) is 0 Å². The molecule has 0 spiro atoms. The summed E-state index contributed by atoms with van der Waals surface area (Å²) in [7, 11) is 4.32. The van der Waals surface area contributed by atoms with E-state index in [9.17, 15) is 14.4 Å². The first-order chi connectivity index (χ1) is 17.2. The van der Waals surface area contributed by atoms with E-state index in [-0.39, 0.29) is 18.3 Å². The van der Waals surface area contributed by atoms with Crippen LogP contribution in [0.5, 0.6) is 11.5 Å². The lowest BCUT2D eigenvalue weighted by Gasteiger charge is -2.38. The van der Waals surface area contributed by atoms with E-state index in [4.69, 9.17) is 18.9 Å². The van der Waals surface area contributed by atoms with Crippen molar-refractivity contribution in [3.63, 3.8) is 0 Å². The molecule has 1 aliphatic heterocycles. The molecule has 1 aromatic rings. The van der Waals surface area contributed by atoms with Crippen molar-refractivity contribution >= 4 is 45.4 Å². The molecule has 0 radical (unpaired) electrons. The molecule has 0 unspecified atom stereocenters. The minimum absolute atomic E-state index is 0.246. The number of hydrogen-bond donors (Lipinski definition) is 1. The van der Waals surface area contributed by atoms with Crippen molar-refractivity contribution in [1.29, 1.82) is 0 Å². The highest BCUT2D eigenvalue weighted by Crippen LogP contribution is 2.49. The molecule has 0 saturated heterocycles. The number of rotatable bonds is 9. The van der Waals surface area contributed by atoms with Gasteiger partial charge in [0.05, 0.1) is 26.9 Å². The minimum Gasteiger partial charge on any atom is -0.493 e. The Morgan fingerprint density at radius 3 is 2.44 bits per heavy atom. The summed E-state index contributed by atoms with van der Waals surface area (Å²) in [5, 5.41) is 3.27. The average molecular weight is 583 g/mol. The Morgan fingerprint density at radius 1 is 1.17 bits per heavy atom. The highest BCUT2D eigenvalue weighted by atomic mass is 79.9. The van der Waals surface area contributed by atoms with Crippen molar-refractivity contribution in [2.24, 2.45) is 11.8 Å². The molecule has 36 heavy (non-hydrogen) atoms. The summed E-state index contributed by atoms with van der Waals surface area (Å²) in [5.74, 6) is -0.959. The number of carbonyl (C=O) groups excluding carboxylic acids is 3. The topological polar surface area (TPSA) is 100 Å². The summed E-state index contributed by atoms with van der Waals surface area (Å²) in [5.41, 5.74) is 2.59. The Bertz CT molecular complexity index is 1110. The van der Waals surface area contributed by atoms with Gasteiger partial charge in [-0.3, -0.25) is 9.59 Å². The maximum atomic E-state index is 13.9. The van der Waals surface area contributed by atoms with Gasteiger partial charge < -0.3 is 24.3 Å². The molecule has 3 atom stereocenters. The number of dihydropyridines is 1. The first-order valence-electron chi connectivity index (χ1n) is 11.7. The van der Waals surface area contributed by atoms with Crippen molar-refractivity contribution in [3.8, 4) is 11.5 Å². The predicted molar refractivity (Wildman–Crippen MR) is 141 cm³/mol. The average Bonchev–Trinajstić information content (AvgIpc) is 2.85. The summed E-state index contributed by atoms with van der Waals surface area (Å²) < 4.78 is 22.2. The van der Waals surface area contributed by atoms with Gasteiger partial charge in [-0.2, -0.15) is 11.8 Å². The lowest BCUT2D eigenvalue weighted by molar-refractivity contribution is -0.151. The molecule has 0 bridgehead atoms. The molecule has 0 fully saturated rings. The van der Waals surface area contributed by atoms with Crippen molar-refractivity contribution in [2.45, 2.75) is 33.1 Å². The first-order valence-corrected chi connectivity index (χ1v) is 13.6. The zero-order chi connectivity index (χ0) is 26.6. The molecule has 2 aliphatic rings. The monoisotopic (exact) mass is 581 g/mol. The fourth-order valence-corrected chi connectivity index (χ4v) is 5.81. The van der Waals surface area contributed by atoms with E-state index in [0.29, 0.717) is 56.2 Å². The van der Waals surface area contributed by atoms with Gasteiger partial charge in [-0.25, -0.2) is 4.79 Å². The fraction of sp³-hybridized carbons (Fsp3) is 0.500. The van der Waals surface area contributed by atoms with Crippen LogP contribution in [0.25, 0.3) is 0 Å². The Hall–Kier alpha value is -2.46. The molecular weight excluding hydrogens is 550 g/mol. The highest BCUT2D eigenvalue weighted by molar-refractivity contribution is 9.10. The smallest absolute Gasteiger partial charge is 0.336 e. The standard InChI is InChI=1S/C26H32BrNO7S/c1-7-36-9-8-35-26(31)21-14(3)28-17-10-13(2)20(25(30)34-6)24(29)23(17)22(21)15-11-18(32-4)19(33-5)12-16(15)27/h11-13,20,22,28H,7-10H2,1-6H3/t13-,20+,22-/m1/s1. The zero-order valence-electron chi connectivity index (χ0n) is 21.4. The second-order valence-electron chi connectivity index (χ2n) is 8.60. The van der Waals surface area contributed by atoms with Crippen LogP contribution in [0.15, 0.2) is 39.1 Å². The molecule has 1 N–H and O–H groups in total. The summed E-state index contributed by atoms with van der Waals surface area (Å²) in [6, 6.07) is 3.48. The van der Waals surface area contributed by atoms with E-state index in [1.165, 1.54) is 21.3 Å². The van der Waals surface area contributed by atoms with Gasteiger partial charge in [0.2, 0.25) is 0 Å². The van der Waals surface area contributed by atoms with Gasteiger partial charge in [-0.05, 0) is 42.7 Å². The maximum Gasteiger partial charge on any atom is 0.336 e. The van der Waals surface area contributed by atoms with Crippen LogP contribution in [0, 0.1) is 11.8 Å². The second kappa shape index (κ2) is 12.2. The Labute approximate surface area is 224 Å². The van der Waals surface area contributed by atoms with Gasteiger partial charge in [0, 0.05) is 33.1 Å². The number of hydrogen-bond acceptors (Lipinski definition) is 9. The summed E-state index contributed by atoms with van der Waals surface area (Å²) >= 11 is 5.27. The van der Waals surface area contributed by atoms with E-state index >= 15 is 0 Å². The molecule has 0 aromatic heterocycles. The van der Waals surface area contributed by atoms with E-state index in [2.05, 4.69) is 21.2 Å². The third kappa shape index (κ3) is 5.44. The number of carbonyl (C=O) groups is 3.